The second-order valence-electron chi connectivity index (χ2n) is 8.55. The quantitative estimate of drug-likeness (QED) is 0.0670. The number of hydrazone groups is 1. The first kappa shape index (κ1) is 31.8. The fourth-order valence-corrected chi connectivity index (χ4v) is 4.96. The van der Waals surface area contributed by atoms with Crippen LogP contribution in [0.2, 0.25) is 0 Å². The number of aryl methyl sites for hydroxylation is 1. The third-order valence-electron chi connectivity index (χ3n) is 5.70. The summed E-state index contributed by atoms with van der Waals surface area (Å²) >= 11 is 3.06. The topological polar surface area (TPSA) is 130 Å². The van der Waals surface area contributed by atoms with Crippen LogP contribution in [0.3, 0.4) is 0 Å². The summed E-state index contributed by atoms with van der Waals surface area (Å²) in [4.78, 5) is 0. The normalized spacial score (nSPS) is 10.6. The minimum atomic E-state index is 0. The molecule has 0 atom stereocenters. The van der Waals surface area contributed by atoms with Crippen LogP contribution in [-0.4, -0.2) is 25.6 Å². The average Bonchev–Trinajstić information content (AvgIpc) is 3.03. The minimum Gasteiger partial charge on any atom is -1.00 e. The van der Waals surface area contributed by atoms with Gasteiger partial charge in [0.25, 0.3) is 0 Å². The lowest BCUT2D eigenvalue weighted by Gasteiger charge is -2.04. The van der Waals surface area contributed by atoms with Crippen LogP contribution < -0.4 is 39.2 Å². The van der Waals surface area contributed by atoms with Crippen molar-refractivity contribution in [3.05, 3.63) is 126 Å². The number of rotatable bonds is 7. The van der Waals surface area contributed by atoms with Gasteiger partial charge in [0.1, 0.15) is 0 Å². The smallest absolute Gasteiger partial charge is 0.345 e. The van der Waals surface area contributed by atoms with Crippen LogP contribution in [0, 0.1) is 6.92 Å². The maximum absolute atomic E-state index is 5.30. The third kappa shape index (κ3) is 10.3. The molecular formula is C30H31BrN8S2. The van der Waals surface area contributed by atoms with Crippen LogP contribution in [0.1, 0.15) is 17.0 Å². The predicted octanol–water partition coefficient (Wildman–Crippen LogP) is 0.899. The van der Waals surface area contributed by atoms with Crippen molar-refractivity contribution in [2.45, 2.75) is 23.6 Å². The Morgan fingerprint density at radius 1 is 0.659 bits per heavy atom. The first-order valence-corrected chi connectivity index (χ1v) is 14.5. The Morgan fingerprint density at radius 3 is 1.54 bits per heavy atom. The van der Waals surface area contributed by atoms with Crippen LogP contribution in [0.4, 0.5) is 0 Å². The van der Waals surface area contributed by atoms with E-state index in [0.29, 0.717) is 16.1 Å². The van der Waals surface area contributed by atoms with Crippen molar-refractivity contribution >= 4 is 28.7 Å². The number of hydrogen-bond acceptors (Lipinski definition) is 8. The summed E-state index contributed by atoms with van der Waals surface area (Å²) < 4.78 is 0. The van der Waals surface area contributed by atoms with Gasteiger partial charge >= 0.3 is 5.17 Å². The maximum Gasteiger partial charge on any atom is 0.345 e. The molecule has 0 spiro atoms. The molecule has 0 aliphatic heterocycles. The molecule has 0 aliphatic rings. The summed E-state index contributed by atoms with van der Waals surface area (Å²) in [5.41, 5.74) is 9.83. The molecule has 5 rings (SSSR count). The van der Waals surface area contributed by atoms with Crippen LogP contribution in [-0.2, 0) is 11.5 Å². The lowest BCUT2D eigenvalue weighted by molar-refractivity contribution is -0.468. The van der Waals surface area contributed by atoms with Crippen LogP contribution in [0.25, 0.3) is 22.3 Å². The number of hydrogen-bond donors (Lipinski definition) is 4. The van der Waals surface area contributed by atoms with Gasteiger partial charge in [-0.15, -0.1) is 20.4 Å². The zero-order valence-corrected chi connectivity index (χ0v) is 25.7. The molecule has 5 aromatic rings. The van der Waals surface area contributed by atoms with E-state index in [1.165, 1.54) is 56.9 Å². The summed E-state index contributed by atoms with van der Waals surface area (Å²) in [6, 6.07) is 37.7. The van der Waals surface area contributed by atoms with E-state index in [2.05, 4.69) is 104 Å². The summed E-state index contributed by atoms with van der Waals surface area (Å²) in [5, 5.41) is 19.5. The Hall–Kier alpha value is -3.77. The van der Waals surface area contributed by atoms with Gasteiger partial charge in [-0.2, -0.15) is 16.4 Å². The standard InChI is InChI=1S/C16H14N4S.C14H16N4S.BrH/c1-12-17-19-16(20-18-12)21-11-13-7-9-15(10-8-13)14-5-3-2-4-6-14;15-17-14(18-16)19-10-11-6-8-13(9-7-11)12-4-2-1-3-5-12;/h2-10H,11H2,1H3;1-9H,10,15-16H2,(H,17,18);1H. The summed E-state index contributed by atoms with van der Waals surface area (Å²) in [6.45, 7) is 1.77. The van der Waals surface area contributed by atoms with Crippen LogP contribution in [0.5, 0.6) is 0 Å². The van der Waals surface area contributed by atoms with Gasteiger partial charge in [-0.05, 0) is 52.1 Å². The van der Waals surface area contributed by atoms with E-state index in [-0.39, 0.29) is 17.0 Å². The summed E-state index contributed by atoms with van der Waals surface area (Å²) in [5.74, 6) is 12.8. The van der Waals surface area contributed by atoms with Crippen LogP contribution in [0.15, 0.2) is 114 Å². The Kier molecular flexibility index (Phi) is 13.3. The number of hydrazine groups is 2. The molecule has 0 bridgehead atoms. The van der Waals surface area contributed by atoms with Gasteiger partial charge in [0.15, 0.2) is 5.82 Å². The van der Waals surface area contributed by atoms with Crippen molar-refractivity contribution in [2.24, 2.45) is 11.7 Å². The lowest BCUT2D eigenvalue weighted by Crippen LogP contribution is -3.00. The molecule has 0 aliphatic carbocycles. The number of aromatic nitrogens is 4. The monoisotopic (exact) mass is 646 g/mol. The van der Waals surface area contributed by atoms with Crippen molar-refractivity contribution in [2.75, 3.05) is 0 Å². The largest absolute Gasteiger partial charge is 1.00 e. The fraction of sp³-hybridized carbons (Fsp3) is 0.100. The summed E-state index contributed by atoms with van der Waals surface area (Å²) in [6.07, 6.45) is 0. The molecule has 11 heteroatoms. The third-order valence-corrected chi connectivity index (χ3v) is 7.60. The van der Waals surface area contributed by atoms with Crippen molar-refractivity contribution in [1.29, 1.82) is 0 Å². The second kappa shape index (κ2) is 17.1. The van der Waals surface area contributed by atoms with E-state index < -0.39 is 0 Å². The highest BCUT2D eigenvalue weighted by Crippen LogP contribution is 2.23. The van der Waals surface area contributed by atoms with Gasteiger partial charge in [-0.3, -0.25) is 5.84 Å². The number of thioether (sulfide) groups is 2. The molecule has 0 saturated heterocycles. The number of benzene rings is 4. The molecule has 4 aromatic carbocycles. The molecule has 41 heavy (non-hydrogen) atoms. The highest BCUT2D eigenvalue weighted by Gasteiger charge is 2.05. The first-order chi connectivity index (χ1) is 19.6. The van der Waals surface area contributed by atoms with E-state index in [4.69, 9.17) is 11.7 Å². The molecule has 0 saturated carbocycles. The number of nitrogens with zero attached hydrogens (tertiary/aromatic N) is 4. The zero-order chi connectivity index (χ0) is 28.0. The fourth-order valence-electron chi connectivity index (χ4n) is 3.60. The highest BCUT2D eigenvalue weighted by molar-refractivity contribution is 8.12. The van der Waals surface area contributed by atoms with Gasteiger partial charge in [-0.1, -0.05) is 121 Å². The minimum absolute atomic E-state index is 0. The average molecular weight is 648 g/mol. The number of halogens is 1. The molecular weight excluding hydrogens is 616 g/mol. The number of nitrogens with two attached hydrogens (primary N) is 2. The molecule has 210 valence electrons. The SMILES string of the molecule is Cc1nnc(SCc2ccc(-c3ccccc3)cc2)nn1.NNC(=[NH+]N)SCc1ccc(-c2ccccc2)cc1.[Br-]. The molecule has 1 heterocycles. The number of nitrogens with one attached hydrogen (secondary N) is 2. The summed E-state index contributed by atoms with van der Waals surface area (Å²) in [7, 11) is 0. The van der Waals surface area contributed by atoms with E-state index in [1.54, 1.807) is 6.92 Å². The van der Waals surface area contributed by atoms with Crippen molar-refractivity contribution in [3.8, 4) is 22.3 Å². The molecule has 0 amide bonds. The van der Waals surface area contributed by atoms with Gasteiger partial charge < -0.3 is 17.0 Å². The van der Waals surface area contributed by atoms with E-state index >= 15 is 0 Å². The molecule has 0 fully saturated rings. The maximum atomic E-state index is 5.30. The first-order valence-electron chi connectivity index (χ1n) is 12.5. The molecule has 0 unspecified atom stereocenters. The molecule has 6 N–H and O–H groups in total. The second-order valence-corrected chi connectivity index (χ2v) is 10.5. The number of amidine groups is 1. The lowest BCUT2D eigenvalue weighted by atomic mass is 10.0. The van der Waals surface area contributed by atoms with Crippen LogP contribution >= 0.6 is 23.5 Å². The Balaban J connectivity index is 0.000000221. The molecule has 1 aromatic heterocycles. The van der Waals surface area contributed by atoms with Gasteiger partial charge in [0.05, 0.1) is 0 Å². The van der Waals surface area contributed by atoms with Gasteiger partial charge in [0, 0.05) is 11.5 Å². The Labute approximate surface area is 259 Å². The zero-order valence-electron chi connectivity index (χ0n) is 22.4. The van der Waals surface area contributed by atoms with Gasteiger partial charge in [-0.25, -0.2) is 0 Å². The van der Waals surface area contributed by atoms with E-state index in [1.807, 2.05) is 36.4 Å². The Bertz CT molecular complexity index is 1470. The van der Waals surface area contributed by atoms with Crippen molar-refractivity contribution in [1.82, 2.24) is 25.8 Å². The van der Waals surface area contributed by atoms with Crippen molar-refractivity contribution < 1.29 is 22.1 Å². The van der Waals surface area contributed by atoms with Gasteiger partial charge in [0.2, 0.25) is 5.16 Å². The Morgan fingerprint density at radius 2 is 1.10 bits per heavy atom. The van der Waals surface area contributed by atoms with Crippen molar-refractivity contribution in [3.63, 3.8) is 0 Å². The predicted molar refractivity (Wildman–Crippen MR) is 164 cm³/mol. The van der Waals surface area contributed by atoms with E-state index in [0.717, 1.165) is 11.5 Å². The highest BCUT2D eigenvalue weighted by atomic mass is 79.9. The molecule has 8 nitrogen and oxygen atoms in total. The van der Waals surface area contributed by atoms with E-state index in [9.17, 15) is 0 Å². The molecule has 0 radical (unpaired) electrons.